The van der Waals surface area contributed by atoms with Gasteiger partial charge in [0, 0.05) is 0 Å². The number of hydrogen-bond acceptors (Lipinski definition) is 6. The maximum Gasteiger partial charge on any atom is 0.202 e. The van der Waals surface area contributed by atoms with E-state index in [0.29, 0.717) is 5.16 Å². The summed E-state index contributed by atoms with van der Waals surface area (Å²) >= 11 is 15.2. The lowest BCUT2D eigenvalue weighted by molar-refractivity contribution is 0.979. The average molecular weight is 260 g/mol. The lowest BCUT2D eigenvalue weighted by atomic mass is 10.6. The number of nitrogen functional groups attached to an aromatic ring is 1. The molecule has 0 aliphatic carbocycles. The van der Waals surface area contributed by atoms with E-state index in [9.17, 15) is 0 Å². The van der Waals surface area contributed by atoms with Crippen molar-refractivity contribution in [1.29, 1.82) is 0 Å². The Morgan fingerprint density at radius 2 is 1.75 bits per heavy atom. The largest absolute Gasteiger partial charge is 0.394 e. The Morgan fingerprint density at radius 3 is 2.17 bits per heavy atom. The van der Waals surface area contributed by atoms with Crippen molar-refractivity contribution in [3.05, 3.63) is 10.3 Å². The lowest BCUT2D eigenvalue weighted by Gasteiger charge is -2.01. The van der Waals surface area contributed by atoms with Gasteiger partial charge in [-0.1, -0.05) is 34.9 Å². The van der Waals surface area contributed by atoms with Crippen molar-refractivity contribution in [2.24, 2.45) is 0 Å². The summed E-state index contributed by atoms with van der Waals surface area (Å²) in [5, 5.41) is 0.777. The van der Waals surface area contributed by atoms with Crippen LogP contribution in [0.25, 0.3) is 0 Å². The van der Waals surface area contributed by atoms with Crippen LogP contribution in [0.1, 0.15) is 0 Å². The molecule has 0 fully saturated rings. The highest BCUT2D eigenvalue weighted by atomic mass is 35.5. The molecule has 3 nitrogen and oxygen atoms in total. The van der Waals surface area contributed by atoms with Crippen LogP contribution < -0.4 is 5.73 Å². The van der Waals surface area contributed by atoms with Crippen molar-refractivity contribution < 1.29 is 0 Å². The molecule has 12 heavy (non-hydrogen) atoms. The van der Waals surface area contributed by atoms with Gasteiger partial charge in [0.25, 0.3) is 0 Å². The first-order valence-corrected chi connectivity index (χ1v) is 6.57. The molecular weight excluding hydrogens is 257 g/mol. The molecule has 1 aromatic rings. The molecule has 0 amide bonds. The Labute approximate surface area is 92.0 Å². The van der Waals surface area contributed by atoms with Gasteiger partial charge in [-0.25, -0.2) is 9.97 Å². The van der Waals surface area contributed by atoms with E-state index in [-0.39, 0.29) is 16.0 Å². The fourth-order valence-electron chi connectivity index (χ4n) is 0.469. The molecule has 0 saturated heterocycles. The van der Waals surface area contributed by atoms with E-state index in [1.165, 1.54) is 20.6 Å². The molecule has 0 atom stereocenters. The van der Waals surface area contributed by atoms with Crippen LogP contribution in [-0.2, 0) is 0 Å². The van der Waals surface area contributed by atoms with Crippen LogP contribution in [0.5, 0.6) is 0 Å². The summed E-state index contributed by atoms with van der Waals surface area (Å²) in [6, 6.07) is 0. The zero-order valence-corrected chi connectivity index (χ0v) is 9.53. The van der Waals surface area contributed by atoms with Gasteiger partial charge < -0.3 is 5.73 Å². The summed E-state index contributed by atoms with van der Waals surface area (Å²) in [5.74, 6) is 0. The van der Waals surface area contributed by atoms with Crippen molar-refractivity contribution >= 4 is 61.2 Å². The fraction of sp³-hybridized carbons (Fsp3) is 0. The molecule has 0 spiro atoms. The minimum absolute atomic E-state index is 0.167. The molecule has 1 heterocycles. The van der Waals surface area contributed by atoms with Crippen LogP contribution in [0.15, 0.2) is 5.16 Å². The Bertz CT molecular complexity index is 272. The third kappa shape index (κ3) is 2.50. The van der Waals surface area contributed by atoms with Crippen molar-refractivity contribution in [1.82, 2.24) is 9.97 Å². The number of anilines is 1. The SMILES string of the molecule is Nc1c(Cl)nc(SSS)nc1Cl. The molecule has 2 N–H and O–H groups in total. The van der Waals surface area contributed by atoms with E-state index in [1.54, 1.807) is 0 Å². The van der Waals surface area contributed by atoms with Gasteiger partial charge in [-0.3, -0.25) is 0 Å². The van der Waals surface area contributed by atoms with Crippen LogP contribution in [-0.4, -0.2) is 9.97 Å². The van der Waals surface area contributed by atoms with Crippen LogP contribution in [0.4, 0.5) is 5.69 Å². The standard InChI is InChI=1S/C4H3Cl2N3S3/c5-2-1(7)3(6)9-4(8-2)11-12-10/h10H,7H2. The summed E-state index contributed by atoms with van der Waals surface area (Å²) in [5.41, 5.74) is 5.62. The number of aromatic nitrogens is 2. The van der Waals surface area contributed by atoms with Crippen LogP contribution in [0, 0.1) is 0 Å². The highest BCUT2D eigenvalue weighted by molar-refractivity contribution is 9.05. The van der Waals surface area contributed by atoms with Crippen LogP contribution >= 0.6 is 55.5 Å². The summed E-state index contributed by atoms with van der Waals surface area (Å²) < 4.78 is 0. The highest BCUT2D eigenvalue weighted by Gasteiger charge is 2.07. The molecule has 0 saturated carbocycles. The highest BCUT2D eigenvalue weighted by Crippen LogP contribution is 2.34. The second-order valence-electron chi connectivity index (χ2n) is 1.66. The Balaban J connectivity index is 3.04. The van der Waals surface area contributed by atoms with Gasteiger partial charge in [0.15, 0.2) is 10.3 Å². The van der Waals surface area contributed by atoms with Crippen molar-refractivity contribution in [3.63, 3.8) is 0 Å². The van der Waals surface area contributed by atoms with E-state index in [0.717, 1.165) is 0 Å². The van der Waals surface area contributed by atoms with Crippen LogP contribution in [0.3, 0.4) is 0 Å². The van der Waals surface area contributed by atoms with Gasteiger partial charge in [0.2, 0.25) is 5.16 Å². The van der Waals surface area contributed by atoms with Gasteiger partial charge >= 0.3 is 0 Å². The normalized spacial score (nSPS) is 10.2. The van der Waals surface area contributed by atoms with Gasteiger partial charge in [-0.15, -0.1) is 0 Å². The van der Waals surface area contributed by atoms with Crippen molar-refractivity contribution in [2.45, 2.75) is 5.16 Å². The minimum Gasteiger partial charge on any atom is -0.394 e. The van der Waals surface area contributed by atoms with Crippen molar-refractivity contribution in [3.8, 4) is 0 Å². The first-order valence-electron chi connectivity index (χ1n) is 2.61. The molecule has 0 aromatic carbocycles. The smallest absolute Gasteiger partial charge is 0.202 e. The van der Waals surface area contributed by atoms with E-state index >= 15 is 0 Å². The topological polar surface area (TPSA) is 51.8 Å². The Kier molecular flexibility index (Phi) is 4.12. The maximum atomic E-state index is 5.65. The van der Waals surface area contributed by atoms with Gasteiger partial charge in [0.1, 0.15) is 5.69 Å². The summed E-state index contributed by atoms with van der Waals surface area (Å²) in [6.45, 7) is 0. The van der Waals surface area contributed by atoms with E-state index in [1.807, 2.05) is 0 Å². The van der Waals surface area contributed by atoms with Gasteiger partial charge in [0.05, 0.1) is 0 Å². The van der Waals surface area contributed by atoms with E-state index in [4.69, 9.17) is 28.9 Å². The molecule has 1 aromatic heterocycles. The molecular formula is C4H3Cl2N3S3. The molecule has 8 heteroatoms. The predicted octanol–water partition coefficient (Wildman–Crippen LogP) is 2.95. The zero-order valence-electron chi connectivity index (χ0n) is 5.49. The maximum absolute atomic E-state index is 5.65. The molecule has 1 rings (SSSR count). The van der Waals surface area contributed by atoms with Gasteiger partial charge in [-0.2, -0.15) is 0 Å². The fourth-order valence-corrected chi connectivity index (χ4v) is 2.30. The molecule has 0 radical (unpaired) electrons. The first kappa shape index (κ1) is 10.6. The third-order valence-corrected chi connectivity index (χ3v) is 3.27. The zero-order chi connectivity index (χ0) is 9.14. The number of halogens is 2. The molecule has 66 valence electrons. The number of thiol groups is 1. The Morgan fingerprint density at radius 1 is 1.25 bits per heavy atom. The summed E-state index contributed by atoms with van der Waals surface area (Å²) in [7, 11) is 2.45. The van der Waals surface area contributed by atoms with E-state index < -0.39 is 0 Å². The number of nitrogens with two attached hydrogens (primary N) is 1. The number of rotatable bonds is 2. The molecule has 0 bridgehead atoms. The lowest BCUT2D eigenvalue weighted by Crippen LogP contribution is -1.95. The molecule has 0 unspecified atom stereocenters. The monoisotopic (exact) mass is 259 g/mol. The minimum atomic E-state index is 0.167. The molecule has 0 aliphatic heterocycles. The molecule has 0 aliphatic rings. The first-order chi connectivity index (χ1) is 5.65. The second-order valence-corrected chi connectivity index (χ2v) is 5.35. The van der Waals surface area contributed by atoms with Crippen molar-refractivity contribution in [2.75, 3.05) is 5.73 Å². The van der Waals surface area contributed by atoms with E-state index in [2.05, 4.69) is 21.6 Å². The summed E-state index contributed by atoms with van der Waals surface area (Å²) in [4.78, 5) is 7.72. The van der Waals surface area contributed by atoms with Gasteiger partial charge in [-0.05, 0) is 20.6 Å². The van der Waals surface area contributed by atoms with Crippen LogP contribution in [0.2, 0.25) is 10.3 Å². The average Bonchev–Trinajstić information content (AvgIpc) is 2.01. The summed E-state index contributed by atoms with van der Waals surface area (Å²) in [6.07, 6.45) is 0. The predicted molar refractivity (Wildman–Crippen MR) is 58.9 cm³/mol. The Hall–Kier alpha value is 0.510. The third-order valence-electron chi connectivity index (χ3n) is 0.944. The number of hydrogen-bond donors (Lipinski definition) is 2. The second kappa shape index (κ2) is 4.66. The number of nitrogens with zero attached hydrogens (tertiary/aromatic N) is 2. The quantitative estimate of drug-likeness (QED) is 0.370.